The van der Waals surface area contributed by atoms with Gasteiger partial charge in [-0.1, -0.05) is 0 Å². The van der Waals surface area contributed by atoms with Crippen LogP contribution in [0.1, 0.15) is 12.1 Å². The van der Waals surface area contributed by atoms with Gasteiger partial charge in [-0.15, -0.1) is 24.0 Å². The van der Waals surface area contributed by atoms with Crippen molar-refractivity contribution in [2.75, 3.05) is 34.9 Å². The SMILES string of the molecule is CN=C(NC)NCCCc1cc2c(OC)cc(OC)cc2[nH]1.I. The number of hydrogen-bond acceptors (Lipinski definition) is 3. The number of halogens is 1. The molecule has 0 amide bonds. The molecule has 128 valence electrons. The van der Waals surface area contributed by atoms with E-state index in [1.54, 1.807) is 21.3 Å². The summed E-state index contributed by atoms with van der Waals surface area (Å²) in [4.78, 5) is 7.51. The lowest BCUT2D eigenvalue weighted by Crippen LogP contribution is -2.35. The Morgan fingerprint density at radius 3 is 2.61 bits per heavy atom. The first-order valence-electron chi connectivity index (χ1n) is 7.33. The highest BCUT2D eigenvalue weighted by Gasteiger charge is 2.09. The average Bonchev–Trinajstić information content (AvgIpc) is 2.96. The molecule has 7 heteroatoms. The number of methoxy groups -OCH3 is 2. The topological polar surface area (TPSA) is 70.7 Å². The second kappa shape index (κ2) is 9.49. The van der Waals surface area contributed by atoms with E-state index in [-0.39, 0.29) is 24.0 Å². The van der Waals surface area contributed by atoms with Gasteiger partial charge in [0.05, 0.1) is 19.7 Å². The molecule has 23 heavy (non-hydrogen) atoms. The second-order valence-electron chi connectivity index (χ2n) is 4.94. The van der Waals surface area contributed by atoms with Crippen molar-refractivity contribution in [2.24, 2.45) is 4.99 Å². The first-order valence-corrected chi connectivity index (χ1v) is 7.33. The Labute approximate surface area is 154 Å². The number of nitrogens with zero attached hydrogens (tertiary/aromatic N) is 1. The number of fused-ring (bicyclic) bond motifs is 1. The van der Waals surface area contributed by atoms with Crippen molar-refractivity contribution in [3.63, 3.8) is 0 Å². The average molecular weight is 432 g/mol. The molecule has 2 rings (SSSR count). The van der Waals surface area contributed by atoms with Crippen LogP contribution in [0.25, 0.3) is 10.9 Å². The molecule has 3 N–H and O–H groups in total. The fourth-order valence-electron chi connectivity index (χ4n) is 2.42. The maximum atomic E-state index is 5.43. The zero-order valence-electron chi connectivity index (χ0n) is 14.0. The molecule has 0 unspecified atom stereocenters. The van der Waals surface area contributed by atoms with Gasteiger partial charge in [0.2, 0.25) is 0 Å². The molecule has 0 radical (unpaired) electrons. The van der Waals surface area contributed by atoms with Crippen molar-refractivity contribution in [2.45, 2.75) is 12.8 Å². The zero-order valence-corrected chi connectivity index (χ0v) is 16.4. The van der Waals surface area contributed by atoms with Crippen LogP contribution in [0.2, 0.25) is 0 Å². The first kappa shape index (κ1) is 19.4. The van der Waals surface area contributed by atoms with Crippen molar-refractivity contribution >= 4 is 40.8 Å². The van der Waals surface area contributed by atoms with Gasteiger partial charge in [0.25, 0.3) is 0 Å². The standard InChI is InChI=1S/C16H24N4O2.HI/c1-17-16(18-2)19-7-5-6-11-8-13-14(20-11)9-12(21-3)10-15(13)22-4;/h8-10,20H,5-7H2,1-4H3,(H2,17,18,19);1H. The Hall–Kier alpha value is -1.64. The number of aryl methyl sites for hydroxylation is 1. The minimum absolute atomic E-state index is 0. The monoisotopic (exact) mass is 432 g/mol. The number of aliphatic imine (C=N–C) groups is 1. The molecule has 0 spiro atoms. The van der Waals surface area contributed by atoms with Crippen molar-refractivity contribution in [1.82, 2.24) is 15.6 Å². The van der Waals surface area contributed by atoms with Gasteiger partial charge in [-0.3, -0.25) is 4.99 Å². The molecule has 0 saturated heterocycles. The maximum Gasteiger partial charge on any atom is 0.190 e. The Balaban J connectivity index is 0.00000264. The van der Waals surface area contributed by atoms with Gasteiger partial charge in [0, 0.05) is 43.9 Å². The lowest BCUT2D eigenvalue weighted by atomic mass is 10.2. The predicted octanol–water partition coefficient (Wildman–Crippen LogP) is 2.53. The smallest absolute Gasteiger partial charge is 0.190 e. The molecule has 1 heterocycles. The van der Waals surface area contributed by atoms with E-state index in [1.807, 2.05) is 19.2 Å². The summed E-state index contributed by atoms with van der Waals surface area (Å²) < 4.78 is 10.7. The van der Waals surface area contributed by atoms with Gasteiger partial charge in [-0.2, -0.15) is 0 Å². The maximum absolute atomic E-state index is 5.43. The van der Waals surface area contributed by atoms with Crippen LogP contribution in [0.3, 0.4) is 0 Å². The van der Waals surface area contributed by atoms with E-state index in [4.69, 9.17) is 9.47 Å². The normalized spacial score (nSPS) is 11.0. The summed E-state index contributed by atoms with van der Waals surface area (Å²) in [5.41, 5.74) is 2.22. The minimum Gasteiger partial charge on any atom is -0.497 e. The van der Waals surface area contributed by atoms with Gasteiger partial charge in [0.1, 0.15) is 11.5 Å². The van der Waals surface area contributed by atoms with Crippen LogP contribution in [0.5, 0.6) is 11.5 Å². The third-order valence-electron chi connectivity index (χ3n) is 3.56. The Bertz CT molecular complexity index is 655. The molecule has 6 nitrogen and oxygen atoms in total. The van der Waals surface area contributed by atoms with Gasteiger partial charge in [-0.25, -0.2) is 0 Å². The third-order valence-corrected chi connectivity index (χ3v) is 3.56. The van der Waals surface area contributed by atoms with Crippen LogP contribution >= 0.6 is 24.0 Å². The Morgan fingerprint density at radius 1 is 1.22 bits per heavy atom. The van der Waals surface area contributed by atoms with E-state index in [0.29, 0.717) is 0 Å². The van der Waals surface area contributed by atoms with Crippen LogP contribution < -0.4 is 20.1 Å². The lowest BCUT2D eigenvalue weighted by molar-refractivity contribution is 0.398. The molecule has 0 atom stereocenters. The zero-order chi connectivity index (χ0) is 15.9. The van der Waals surface area contributed by atoms with E-state index < -0.39 is 0 Å². The summed E-state index contributed by atoms with van der Waals surface area (Å²) in [7, 11) is 6.95. The van der Waals surface area contributed by atoms with Crippen LogP contribution in [-0.2, 0) is 6.42 Å². The highest BCUT2D eigenvalue weighted by Crippen LogP contribution is 2.31. The Morgan fingerprint density at radius 2 is 2.00 bits per heavy atom. The quantitative estimate of drug-likeness (QED) is 0.284. The van der Waals surface area contributed by atoms with Gasteiger partial charge >= 0.3 is 0 Å². The van der Waals surface area contributed by atoms with Gasteiger partial charge in [-0.05, 0) is 18.9 Å². The molecule has 0 aliphatic carbocycles. The number of aromatic nitrogens is 1. The van der Waals surface area contributed by atoms with Crippen molar-refractivity contribution in [3.8, 4) is 11.5 Å². The fourth-order valence-corrected chi connectivity index (χ4v) is 2.42. The van der Waals surface area contributed by atoms with Crippen LogP contribution in [0.4, 0.5) is 0 Å². The summed E-state index contributed by atoms with van der Waals surface area (Å²) in [6, 6.07) is 6.03. The molecule has 0 saturated carbocycles. The molecular formula is C16H25IN4O2. The van der Waals surface area contributed by atoms with Crippen molar-refractivity contribution in [1.29, 1.82) is 0 Å². The number of rotatable bonds is 6. The number of aromatic amines is 1. The van der Waals surface area contributed by atoms with Gasteiger partial charge in [0.15, 0.2) is 5.96 Å². The first-order chi connectivity index (χ1) is 10.7. The lowest BCUT2D eigenvalue weighted by Gasteiger charge is -2.07. The van der Waals surface area contributed by atoms with Crippen LogP contribution in [0, 0.1) is 0 Å². The molecule has 0 fully saturated rings. The van der Waals surface area contributed by atoms with E-state index in [0.717, 1.165) is 47.7 Å². The summed E-state index contributed by atoms with van der Waals surface area (Å²) in [6.45, 7) is 0.864. The number of guanidine groups is 1. The van der Waals surface area contributed by atoms with Crippen LogP contribution in [0.15, 0.2) is 23.2 Å². The summed E-state index contributed by atoms with van der Waals surface area (Å²) in [5.74, 6) is 2.42. The fraction of sp³-hybridized carbons (Fsp3) is 0.438. The predicted molar refractivity (Wildman–Crippen MR) is 106 cm³/mol. The van der Waals surface area contributed by atoms with Crippen molar-refractivity contribution < 1.29 is 9.47 Å². The minimum atomic E-state index is 0. The van der Waals surface area contributed by atoms with Gasteiger partial charge < -0.3 is 25.1 Å². The second-order valence-corrected chi connectivity index (χ2v) is 4.94. The highest BCUT2D eigenvalue weighted by atomic mass is 127. The summed E-state index contributed by atoms with van der Waals surface area (Å²) >= 11 is 0. The van der Waals surface area contributed by atoms with Crippen LogP contribution in [-0.4, -0.2) is 45.8 Å². The highest BCUT2D eigenvalue weighted by molar-refractivity contribution is 14.0. The molecule has 2 aromatic rings. The molecule has 0 bridgehead atoms. The van der Waals surface area contributed by atoms with E-state index in [9.17, 15) is 0 Å². The summed E-state index contributed by atoms with van der Waals surface area (Å²) in [5, 5.41) is 7.33. The molecule has 1 aromatic heterocycles. The third kappa shape index (κ3) is 4.92. The number of ether oxygens (including phenoxy) is 2. The number of hydrogen-bond donors (Lipinski definition) is 3. The Kier molecular flexibility index (Phi) is 8.01. The number of benzene rings is 1. The number of nitrogens with one attached hydrogen (secondary N) is 3. The summed E-state index contributed by atoms with van der Waals surface area (Å²) in [6.07, 6.45) is 1.96. The van der Waals surface area contributed by atoms with E-state index in [2.05, 4.69) is 26.7 Å². The van der Waals surface area contributed by atoms with Crippen molar-refractivity contribution in [3.05, 3.63) is 23.9 Å². The van der Waals surface area contributed by atoms with E-state index in [1.165, 1.54) is 5.69 Å². The number of H-pyrrole nitrogens is 1. The molecular weight excluding hydrogens is 407 g/mol. The molecule has 0 aliphatic heterocycles. The molecule has 1 aromatic carbocycles. The largest absolute Gasteiger partial charge is 0.497 e. The molecule has 0 aliphatic rings. The van der Waals surface area contributed by atoms with E-state index >= 15 is 0 Å².